The number of ether oxygens (including phenoxy) is 1. The molecule has 0 spiro atoms. The zero-order valence-corrected chi connectivity index (χ0v) is 8.69. The van der Waals surface area contributed by atoms with Crippen LogP contribution in [-0.2, 0) is 9.53 Å². The third kappa shape index (κ3) is 5.59. The Morgan fingerprint density at radius 2 is 2.36 bits per heavy atom. The Bertz CT molecular complexity index is 224. The molecule has 0 radical (unpaired) electrons. The van der Waals surface area contributed by atoms with E-state index >= 15 is 0 Å². The summed E-state index contributed by atoms with van der Waals surface area (Å²) in [5.74, 6) is -0.167. The van der Waals surface area contributed by atoms with Gasteiger partial charge in [-0.15, -0.1) is 0 Å². The number of ketones is 1. The molecule has 0 aromatic rings. The highest BCUT2D eigenvalue weighted by Crippen LogP contribution is 2.03. The molecule has 0 aliphatic rings. The van der Waals surface area contributed by atoms with E-state index in [1.165, 1.54) is 0 Å². The van der Waals surface area contributed by atoms with Gasteiger partial charge in [0.1, 0.15) is 0 Å². The van der Waals surface area contributed by atoms with Gasteiger partial charge in [-0.2, -0.15) is 0 Å². The van der Waals surface area contributed by atoms with Crippen LogP contribution in [0.3, 0.4) is 0 Å². The van der Waals surface area contributed by atoms with Gasteiger partial charge in [0.15, 0.2) is 0 Å². The summed E-state index contributed by atoms with van der Waals surface area (Å²) < 4.78 is 5.29. The molecule has 0 aromatic heterocycles. The average molecular weight is 200 g/mol. The summed E-state index contributed by atoms with van der Waals surface area (Å²) >= 11 is 0. The summed E-state index contributed by atoms with van der Waals surface area (Å²) in [5, 5.41) is 0. The number of nitrogens with one attached hydrogen (secondary N) is 1. The maximum absolute atomic E-state index is 11.0. The first kappa shape index (κ1) is 13.0. The first-order valence-corrected chi connectivity index (χ1v) is 4.71. The Hall–Kier alpha value is -1.03. The Kier molecular flexibility index (Phi) is 6.84. The molecule has 0 heterocycles. The van der Waals surface area contributed by atoms with Crippen LogP contribution in [0.1, 0.15) is 26.7 Å². The van der Waals surface area contributed by atoms with E-state index in [0.717, 1.165) is 6.21 Å². The predicted molar refractivity (Wildman–Crippen MR) is 52.3 cm³/mol. The van der Waals surface area contributed by atoms with Gasteiger partial charge in [0, 0.05) is 19.1 Å². The Balaban J connectivity index is 3.77. The lowest BCUT2D eigenvalue weighted by atomic mass is 10.1. The highest BCUT2D eigenvalue weighted by molar-refractivity contribution is 6.25. The molecule has 3 N–H and O–H groups in total. The SMILES string of the molecule is CCOC(C)[C@@H](N)CCC(=O)C=[N+]=N. The fourth-order valence-electron chi connectivity index (χ4n) is 1.07. The zero-order valence-electron chi connectivity index (χ0n) is 8.69. The zero-order chi connectivity index (χ0) is 11.0. The normalized spacial score (nSPS) is 14.2. The van der Waals surface area contributed by atoms with E-state index in [0.29, 0.717) is 19.4 Å². The fourth-order valence-corrected chi connectivity index (χ4v) is 1.07. The predicted octanol–water partition coefficient (Wildman–Crippen LogP) is 0.398. The number of rotatable bonds is 7. The molecule has 0 rings (SSSR count). The second kappa shape index (κ2) is 7.38. The number of carbonyl (C=O) groups is 1. The molecule has 0 aliphatic carbocycles. The summed E-state index contributed by atoms with van der Waals surface area (Å²) in [6, 6.07) is -0.141. The van der Waals surface area contributed by atoms with E-state index in [2.05, 4.69) is 4.79 Å². The van der Waals surface area contributed by atoms with E-state index < -0.39 is 0 Å². The van der Waals surface area contributed by atoms with E-state index in [1.54, 1.807) is 0 Å². The molecule has 5 heteroatoms. The lowest BCUT2D eigenvalue weighted by Gasteiger charge is -2.18. The number of nitrogens with zero attached hydrogens (tertiary/aromatic N) is 1. The van der Waals surface area contributed by atoms with Gasteiger partial charge < -0.3 is 10.5 Å². The second-order valence-corrected chi connectivity index (χ2v) is 3.09. The van der Waals surface area contributed by atoms with Crippen molar-refractivity contribution >= 4 is 12.0 Å². The number of carbonyl (C=O) groups excluding carboxylic acids is 1. The summed E-state index contributed by atoms with van der Waals surface area (Å²) in [5.41, 5.74) is 12.2. The van der Waals surface area contributed by atoms with Crippen molar-refractivity contribution in [1.29, 1.82) is 5.53 Å². The van der Waals surface area contributed by atoms with Gasteiger partial charge in [-0.1, -0.05) is 0 Å². The largest absolute Gasteiger partial charge is 0.377 e. The number of Topliss-reactive ketones (excluding diaryl/α,β-unsaturated/α-hetero) is 1. The Labute approximate surface area is 83.9 Å². The topological polar surface area (TPSA) is 90.3 Å². The molecule has 0 amide bonds. The van der Waals surface area contributed by atoms with Crippen molar-refractivity contribution in [3.8, 4) is 0 Å². The van der Waals surface area contributed by atoms with Gasteiger partial charge in [-0.25, -0.2) is 0 Å². The van der Waals surface area contributed by atoms with E-state index in [-0.39, 0.29) is 17.9 Å². The minimum Gasteiger partial charge on any atom is -0.377 e. The number of hydrogen-bond donors (Lipinski definition) is 2. The van der Waals surface area contributed by atoms with Crippen LogP contribution >= 0.6 is 0 Å². The third-order valence-corrected chi connectivity index (χ3v) is 1.97. The minimum atomic E-state index is -0.167. The maximum atomic E-state index is 11.0. The lowest BCUT2D eigenvalue weighted by Crippen LogP contribution is -2.35. The van der Waals surface area contributed by atoms with Crippen LogP contribution in [-0.4, -0.2) is 35.5 Å². The van der Waals surface area contributed by atoms with Gasteiger partial charge in [0.05, 0.1) is 16.4 Å². The molecule has 0 saturated heterocycles. The van der Waals surface area contributed by atoms with Crippen LogP contribution in [0.4, 0.5) is 0 Å². The van der Waals surface area contributed by atoms with E-state index in [4.69, 9.17) is 16.0 Å². The van der Waals surface area contributed by atoms with Gasteiger partial charge in [-0.05, 0) is 20.3 Å². The van der Waals surface area contributed by atoms with Crippen molar-refractivity contribution in [2.45, 2.75) is 38.8 Å². The van der Waals surface area contributed by atoms with Gasteiger partial charge in [-0.3, -0.25) is 4.79 Å². The molecular weight excluding hydrogens is 182 g/mol. The molecule has 0 bridgehead atoms. The van der Waals surface area contributed by atoms with Gasteiger partial charge >= 0.3 is 6.21 Å². The Morgan fingerprint density at radius 3 is 2.86 bits per heavy atom. The molecule has 0 aliphatic heterocycles. The van der Waals surface area contributed by atoms with E-state index in [1.807, 2.05) is 13.8 Å². The second-order valence-electron chi connectivity index (χ2n) is 3.09. The molecule has 0 saturated carbocycles. The molecule has 0 aromatic carbocycles. The average Bonchev–Trinajstić information content (AvgIpc) is 2.15. The minimum absolute atomic E-state index is 0.0410. The van der Waals surface area contributed by atoms with Crippen LogP contribution in [0, 0.1) is 5.53 Å². The van der Waals surface area contributed by atoms with Gasteiger partial charge in [0.2, 0.25) is 5.78 Å². The monoisotopic (exact) mass is 200 g/mol. The van der Waals surface area contributed by atoms with Crippen molar-refractivity contribution in [3.05, 3.63) is 0 Å². The molecule has 1 unspecified atom stereocenters. The quantitative estimate of drug-likeness (QED) is 0.354. The Morgan fingerprint density at radius 1 is 1.71 bits per heavy atom. The number of hydrogen-bond acceptors (Lipinski definition) is 4. The lowest BCUT2D eigenvalue weighted by molar-refractivity contribution is -0.131. The van der Waals surface area contributed by atoms with Crippen molar-refractivity contribution < 1.29 is 14.3 Å². The molecule has 14 heavy (non-hydrogen) atoms. The van der Waals surface area contributed by atoms with Crippen LogP contribution in [0.15, 0.2) is 0 Å². The van der Waals surface area contributed by atoms with Crippen molar-refractivity contribution in [2.24, 2.45) is 5.73 Å². The molecular formula is C9H18N3O2+. The van der Waals surface area contributed by atoms with Crippen LogP contribution in [0.5, 0.6) is 0 Å². The van der Waals surface area contributed by atoms with Crippen LogP contribution in [0.25, 0.3) is 0 Å². The van der Waals surface area contributed by atoms with Crippen LogP contribution in [0.2, 0.25) is 0 Å². The smallest absolute Gasteiger partial charge is 0.372 e. The molecule has 2 atom stereocenters. The van der Waals surface area contributed by atoms with Crippen molar-refractivity contribution in [1.82, 2.24) is 0 Å². The highest BCUT2D eigenvalue weighted by Gasteiger charge is 2.14. The first-order chi connectivity index (χ1) is 6.61. The number of nitrogens with two attached hydrogens (primary N) is 1. The summed E-state index contributed by atoms with van der Waals surface area (Å²) in [7, 11) is 0. The standard InChI is InChI=1S/C9H18N3O2/c1-3-14-7(2)9(10)5-4-8(13)6-12-11/h6-7,9,11H,3-5,10H2,1-2H3/q+1/t7?,9-/m0/s1. The summed E-state index contributed by atoms with van der Waals surface area (Å²) in [6.45, 7) is 4.41. The summed E-state index contributed by atoms with van der Waals surface area (Å²) in [4.78, 5) is 13.9. The molecule has 5 nitrogen and oxygen atoms in total. The summed E-state index contributed by atoms with van der Waals surface area (Å²) in [6.07, 6.45) is 1.84. The van der Waals surface area contributed by atoms with Crippen molar-refractivity contribution in [3.63, 3.8) is 0 Å². The first-order valence-electron chi connectivity index (χ1n) is 4.71. The van der Waals surface area contributed by atoms with Gasteiger partial charge in [0.25, 0.3) is 0 Å². The maximum Gasteiger partial charge on any atom is 0.372 e. The third-order valence-electron chi connectivity index (χ3n) is 1.97. The highest BCUT2D eigenvalue weighted by atomic mass is 16.5. The van der Waals surface area contributed by atoms with Crippen LogP contribution < -0.4 is 5.73 Å². The van der Waals surface area contributed by atoms with E-state index in [9.17, 15) is 4.79 Å². The fraction of sp³-hybridized carbons (Fsp3) is 0.778. The van der Waals surface area contributed by atoms with Crippen molar-refractivity contribution in [2.75, 3.05) is 6.61 Å². The molecule has 80 valence electrons. The molecule has 0 fully saturated rings.